The van der Waals surface area contributed by atoms with Crippen molar-refractivity contribution in [3.05, 3.63) is 71.3 Å². The van der Waals surface area contributed by atoms with E-state index in [0.29, 0.717) is 37.1 Å². The summed E-state index contributed by atoms with van der Waals surface area (Å²) >= 11 is 0. The SMILES string of the molecule is CC(C)c1cc(C2C=CC(c3ccc(OCC4CO4)cc3)CC2)ccc1OCC1CO1. The van der Waals surface area contributed by atoms with Crippen LogP contribution in [0.25, 0.3) is 0 Å². The Kier molecular flexibility index (Phi) is 6.02. The van der Waals surface area contributed by atoms with Crippen molar-refractivity contribution in [2.24, 2.45) is 0 Å². The van der Waals surface area contributed by atoms with Crippen molar-refractivity contribution < 1.29 is 18.9 Å². The smallest absolute Gasteiger partial charge is 0.122 e. The third-order valence-corrected chi connectivity index (χ3v) is 6.42. The van der Waals surface area contributed by atoms with Crippen LogP contribution in [0.3, 0.4) is 0 Å². The standard InChI is InChI=1S/C27H32O4/c1-18(2)26-13-22(9-12-27(26)31-17-25-16-30-25)21-5-3-19(4-6-21)20-7-10-23(11-8-20)28-14-24-15-29-24/h3,5,7-13,18-19,21,24-25H,4,6,14-17H2,1-2H3. The second-order valence-corrected chi connectivity index (χ2v) is 9.23. The van der Waals surface area contributed by atoms with Crippen LogP contribution in [0.15, 0.2) is 54.6 Å². The molecule has 2 saturated heterocycles. The second kappa shape index (κ2) is 9.05. The Morgan fingerprint density at radius 2 is 1.39 bits per heavy atom. The number of hydrogen-bond acceptors (Lipinski definition) is 4. The van der Waals surface area contributed by atoms with E-state index in [1.165, 1.54) is 16.7 Å². The summed E-state index contributed by atoms with van der Waals surface area (Å²) in [6, 6.07) is 15.3. The number of allylic oxidation sites excluding steroid dienone is 2. The first-order valence-electron chi connectivity index (χ1n) is 11.6. The van der Waals surface area contributed by atoms with Gasteiger partial charge < -0.3 is 18.9 Å². The number of benzene rings is 2. The monoisotopic (exact) mass is 420 g/mol. The van der Waals surface area contributed by atoms with Crippen LogP contribution < -0.4 is 9.47 Å². The Morgan fingerprint density at radius 1 is 0.806 bits per heavy atom. The normalized spacial score (nSPS) is 26.7. The molecular formula is C27H32O4. The largest absolute Gasteiger partial charge is 0.491 e. The van der Waals surface area contributed by atoms with Crippen LogP contribution in [0.5, 0.6) is 11.5 Å². The van der Waals surface area contributed by atoms with Gasteiger partial charge >= 0.3 is 0 Å². The van der Waals surface area contributed by atoms with Gasteiger partial charge in [0.25, 0.3) is 0 Å². The highest BCUT2D eigenvalue weighted by molar-refractivity contribution is 5.42. The minimum absolute atomic E-state index is 0.283. The fraction of sp³-hybridized carbons (Fsp3) is 0.481. The molecule has 2 fully saturated rings. The molecule has 3 aliphatic rings. The molecule has 4 unspecified atom stereocenters. The van der Waals surface area contributed by atoms with Gasteiger partial charge in [-0.2, -0.15) is 0 Å². The number of epoxide rings is 2. The molecule has 2 aromatic rings. The number of hydrogen-bond donors (Lipinski definition) is 0. The molecule has 5 rings (SSSR count). The van der Waals surface area contributed by atoms with E-state index in [-0.39, 0.29) is 6.10 Å². The van der Waals surface area contributed by atoms with Gasteiger partial charge in [0.15, 0.2) is 0 Å². The minimum Gasteiger partial charge on any atom is -0.491 e. The molecule has 2 aliphatic heterocycles. The van der Waals surface area contributed by atoms with Gasteiger partial charge in [-0.05, 0) is 53.6 Å². The Bertz CT molecular complexity index is 909. The summed E-state index contributed by atoms with van der Waals surface area (Å²) in [5.41, 5.74) is 4.04. The van der Waals surface area contributed by atoms with Gasteiger partial charge in [0, 0.05) is 11.8 Å². The lowest BCUT2D eigenvalue weighted by Crippen LogP contribution is -2.09. The zero-order valence-electron chi connectivity index (χ0n) is 18.5. The maximum absolute atomic E-state index is 6.02. The lowest BCUT2D eigenvalue weighted by Gasteiger charge is -2.25. The molecule has 164 valence electrons. The number of ether oxygens (including phenoxy) is 4. The van der Waals surface area contributed by atoms with Crippen molar-refractivity contribution in [1.82, 2.24) is 0 Å². The molecule has 31 heavy (non-hydrogen) atoms. The van der Waals surface area contributed by atoms with Crippen LogP contribution in [-0.2, 0) is 9.47 Å². The van der Waals surface area contributed by atoms with Gasteiger partial charge in [-0.15, -0.1) is 0 Å². The van der Waals surface area contributed by atoms with Crippen molar-refractivity contribution in [2.75, 3.05) is 26.4 Å². The molecule has 0 bridgehead atoms. The van der Waals surface area contributed by atoms with E-state index in [4.69, 9.17) is 18.9 Å². The zero-order chi connectivity index (χ0) is 21.2. The molecular weight excluding hydrogens is 388 g/mol. The molecule has 0 aromatic heterocycles. The second-order valence-electron chi connectivity index (χ2n) is 9.23. The van der Waals surface area contributed by atoms with Gasteiger partial charge in [0.1, 0.15) is 36.9 Å². The molecule has 0 amide bonds. The molecule has 4 heteroatoms. The van der Waals surface area contributed by atoms with Gasteiger partial charge in [-0.25, -0.2) is 0 Å². The summed E-state index contributed by atoms with van der Waals surface area (Å²) in [5, 5.41) is 0. The average molecular weight is 421 g/mol. The van der Waals surface area contributed by atoms with E-state index in [9.17, 15) is 0 Å². The van der Waals surface area contributed by atoms with Crippen LogP contribution in [0.1, 0.15) is 61.1 Å². The van der Waals surface area contributed by atoms with Crippen LogP contribution >= 0.6 is 0 Å². The Balaban J connectivity index is 1.23. The lowest BCUT2D eigenvalue weighted by molar-refractivity contribution is 0.260. The molecule has 0 saturated carbocycles. The summed E-state index contributed by atoms with van der Waals surface area (Å²) in [6.45, 7) is 7.43. The predicted molar refractivity (Wildman–Crippen MR) is 121 cm³/mol. The first-order chi connectivity index (χ1) is 15.2. The van der Waals surface area contributed by atoms with Gasteiger partial charge in [-0.3, -0.25) is 0 Å². The van der Waals surface area contributed by atoms with Crippen LogP contribution in [0, 0.1) is 0 Å². The maximum Gasteiger partial charge on any atom is 0.122 e. The third kappa shape index (κ3) is 5.31. The van der Waals surface area contributed by atoms with E-state index in [0.717, 1.165) is 37.6 Å². The lowest BCUT2D eigenvalue weighted by atomic mass is 9.81. The molecule has 0 spiro atoms. The van der Waals surface area contributed by atoms with Crippen LogP contribution in [0.2, 0.25) is 0 Å². The van der Waals surface area contributed by atoms with E-state index < -0.39 is 0 Å². The zero-order valence-corrected chi connectivity index (χ0v) is 18.5. The van der Waals surface area contributed by atoms with Crippen molar-refractivity contribution in [3.63, 3.8) is 0 Å². The van der Waals surface area contributed by atoms with Crippen molar-refractivity contribution >= 4 is 0 Å². The van der Waals surface area contributed by atoms with Crippen molar-refractivity contribution in [3.8, 4) is 11.5 Å². The highest BCUT2D eigenvalue weighted by Gasteiger charge is 2.25. The predicted octanol–water partition coefficient (Wildman–Crippen LogP) is 5.58. The highest BCUT2D eigenvalue weighted by Crippen LogP contribution is 2.38. The van der Waals surface area contributed by atoms with Crippen LogP contribution in [0.4, 0.5) is 0 Å². The van der Waals surface area contributed by atoms with Crippen molar-refractivity contribution in [1.29, 1.82) is 0 Å². The molecule has 2 aromatic carbocycles. The topological polar surface area (TPSA) is 43.5 Å². The molecule has 4 nitrogen and oxygen atoms in total. The summed E-state index contributed by atoms with van der Waals surface area (Å²) in [4.78, 5) is 0. The molecule has 2 heterocycles. The number of rotatable bonds is 9. The summed E-state index contributed by atoms with van der Waals surface area (Å²) in [6.07, 6.45) is 7.66. The van der Waals surface area contributed by atoms with E-state index in [2.05, 4.69) is 68.5 Å². The summed E-state index contributed by atoms with van der Waals surface area (Å²) in [7, 11) is 0. The van der Waals surface area contributed by atoms with Gasteiger partial charge in [0.2, 0.25) is 0 Å². The molecule has 0 radical (unpaired) electrons. The first kappa shape index (κ1) is 20.6. The van der Waals surface area contributed by atoms with Gasteiger partial charge in [0.05, 0.1) is 13.2 Å². The fourth-order valence-corrected chi connectivity index (χ4v) is 4.27. The summed E-state index contributed by atoms with van der Waals surface area (Å²) in [5.74, 6) is 3.30. The third-order valence-electron chi connectivity index (χ3n) is 6.42. The van der Waals surface area contributed by atoms with Gasteiger partial charge in [-0.1, -0.05) is 50.3 Å². The Hall–Kier alpha value is -2.30. The molecule has 1 aliphatic carbocycles. The Morgan fingerprint density at radius 3 is 1.97 bits per heavy atom. The quantitative estimate of drug-likeness (QED) is 0.392. The molecule has 0 N–H and O–H groups in total. The Labute approximate surface area is 185 Å². The average Bonchev–Trinajstić information content (AvgIpc) is 3.72. The first-order valence-corrected chi connectivity index (χ1v) is 11.6. The van der Waals surface area contributed by atoms with E-state index >= 15 is 0 Å². The minimum atomic E-state index is 0.283. The fourth-order valence-electron chi connectivity index (χ4n) is 4.27. The highest BCUT2D eigenvalue weighted by atomic mass is 16.6. The summed E-state index contributed by atoms with van der Waals surface area (Å²) < 4.78 is 22.3. The van der Waals surface area contributed by atoms with Crippen molar-refractivity contribution in [2.45, 2.75) is 56.7 Å². The van der Waals surface area contributed by atoms with Crippen LogP contribution in [-0.4, -0.2) is 38.6 Å². The van der Waals surface area contributed by atoms with E-state index in [1.807, 2.05) is 0 Å². The van der Waals surface area contributed by atoms with E-state index in [1.54, 1.807) is 0 Å². The molecule has 4 atom stereocenters. The maximum atomic E-state index is 6.02.